The van der Waals surface area contributed by atoms with Crippen LogP contribution in [0.1, 0.15) is 28.9 Å². The van der Waals surface area contributed by atoms with Gasteiger partial charge < -0.3 is 25.2 Å². The van der Waals surface area contributed by atoms with Crippen LogP contribution in [0.5, 0.6) is 0 Å². The lowest BCUT2D eigenvalue weighted by atomic mass is 10.3. The van der Waals surface area contributed by atoms with Gasteiger partial charge in [0.2, 0.25) is 5.91 Å². The number of nitrogens with one attached hydrogen (secondary N) is 2. The van der Waals surface area contributed by atoms with E-state index in [-0.39, 0.29) is 30.3 Å². The summed E-state index contributed by atoms with van der Waals surface area (Å²) in [5.74, 6) is -0.738. The summed E-state index contributed by atoms with van der Waals surface area (Å²) in [6.07, 6.45) is 3.04. The highest BCUT2D eigenvalue weighted by molar-refractivity contribution is 6.02. The van der Waals surface area contributed by atoms with Crippen molar-refractivity contribution in [3.8, 4) is 0 Å². The number of rotatable bonds is 8. The highest BCUT2D eigenvalue weighted by Gasteiger charge is 2.21. The molecule has 0 aliphatic carbocycles. The van der Waals surface area contributed by atoms with Crippen LogP contribution in [0.25, 0.3) is 0 Å². The summed E-state index contributed by atoms with van der Waals surface area (Å²) in [6, 6.07) is 4.70. The van der Waals surface area contributed by atoms with Gasteiger partial charge in [0.05, 0.1) is 35.4 Å². The molecule has 0 fully saturated rings. The standard InChI is InChI=1S/C17H19N7O5/c1-3-22-9-13(16(21-22)17(26)18-8-12-5-4-6-29-12)19-15(25)10-23-11(2)7-14(20-23)24(27)28/h4-7,9H,3,8,10H2,1-2H3,(H,18,26)(H,19,25). The number of carbonyl (C=O) groups excluding carboxylic acids is 2. The summed E-state index contributed by atoms with van der Waals surface area (Å²) in [4.78, 5) is 35.1. The Morgan fingerprint density at radius 1 is 1.34 bits per heavy atom. The van der Waals surface area contributed by atoms with Gasteiger partial charge in [-0.15, -0.1) is 0 Å². The second-order valence-electron chi connectivity index (χ2n) is 6.12. The summed E-state index contributed by atoms with van der Waals surface area (Å²) in [5, 5.41) is 24.1. The molecule has 3 aromatic heterocycles. The van der Waals surface area contributed by atoms with E-state index in [2.05, 4.69) is 20.8 Å². The second-order valence-corrected chi connectivity index (χ2v) is 6.12. The lowest BCUT2D eigenvalue weighted by Crippen LogP contribution is -2.26. The number of amides is 2. The monoisotopic (exact) mass is 401 g/mol. The molecule has 0 aliphatic heterocycles. The molecule has 0 aromatic carbocycles. The van der Waals surface area contributed by atoms with E-state index in [4.69, 9.17) is 4.42 Å². The maximum Gasteiger partial charge on any atom is 0.390 e. The van der Waals surface area contributed by atoms with Gasteiger partial charge >= 0.3 is 5.82 Å². The second kappa shape index (κ2) is 8.37. The van der Waals surface area contributed by atoms with E-state index < -0.39 is 16.7 Å². The molecule has 0 saturated carbocycles. The van der Waals surface area contributed by atoms with Crippen molar-refractivity contribution in [2.24, 2.45) is 0 Å². The fraction of sp³-hybridized carbons (Fsp3) is 0.294. The molecule has 2 amide bonds. The van der Waals surface area contributed by atoms with Crippen molar-refractivity contribution in [3.63, 3.8) is 0 Å². The molecule has 0 aliphatic rings. The minimum absolute atomic E-state index is 0.0509. The number of aryl methyl sites for hydroxylation is 2. The van der Waals surface area contributed by atoms with E-state index in [0.717, 1.165) is 0 Å². The molecule has 0 radical (unpaired) electrons. The first kappa shape index (κ1) is 19.8. The average Bonchev–Trinajstić information content (AvgIpc) is 3.40. The van der Waals surface area contributed by atoms with Crippen LogP contribution in [0.3, 0.4) is 0 Å². The molecule has 0 atom stereocenters. The number of hydrogen-bond acceptors (Lipinski definition) is 7. The third-order valence-electron chi connectivity index (χ3n) is 4.03. The first-order chi connectivity index (χ1) is 13.9. The third-order valence-corrected chi connectivity index (χ3v) is 4.03. The molecule has 3 heterocycles. The van der Waals surface area contributed by atoms with Crippen LogP contribution in [0, 0.1) is 17.0 Å². The highest BCUT2D eigenvalue weighted by Crippen LogP contribution is 2.16. The van der Waals surface area contributed by atoms with Gasteiger partial charge in [0.25, 0.3) is 5.91 Å². The molecule has 3 rings (SSSR count). The van der Waals surface area contributed by atoms with Crippen molar-refractivity contribution < 1.29 is 18.9 Å². The van der Waals surface area contributed by atoms with Crippen LogP contribution < -0.4 is 10.6 Å². The number of nitro groups is 1. The zero-order valence-corrected chi connectivity index (χ0v) is 15.8. The van der Waals surface area contributed by atoms with E-state index in [0.29, 0.717) is 18.0 Å². The van der Waals surface area contributed by atoms with Crippen LogP contribution in [-0.2, 0) is 24.4 Å². The van der Waals surface area contributed by atoms with Gasteiger partial charge in [0.1, 0.15) is 12.3 Å². The minimum Gasteiger partial charge on any atom is -0.467 e. The summed E-state index contributed by atoms with van der Waals surface area (Å²) < 4.78 is 7.90. The first-order valence-corrected chi connectivity index (χ1v) is 8.74. The van der Waals surface area contributed by atoms with E-state index in [9.17, 15) is 19.7 Å². The highest BCUT2D eigenvalue weighted by atomic mass is 16.6. The fourth-order valence-electron chi connectivity index (χ4n) is 2.57. The molecule has 0 bridgehead atoms. The third kappa shape index (κ3) is 4.66. The Hall–Kier alpha value is -3.96. The summed E-state index contributed by atoms with van der Waals surface area (Å²) in [7, 11) is 0. The largest absolute Gasteiger partial charge is 0.467 e. The average molecular weight is 401 g/mol. The Morgan fingerprint density at radius 3 is 2.76 bits per heavy atom. The number of hydrogen-bond donors (Lipinski definition) is 2. The number of nitrogens with zero attached hydrogens (tertiary/aromatic N) is 5. The SMILES string of the molecule is CCn1cc(NC(=O)Cn2nc([N+](=O)[O-])cc2C)c(C(=O)NCc2ccco2)n1. The first-order valence-electron chi connectivity index (χ1n) is 8.74. The van der Waals surface area contributed by atoms with Gasteiger partial charge in [-0.25, -0.2) is 0 Å². The van der Waals surface area contributed by atoms with Crippen LogP contribution in [-0.4, -0.2) is 36.3 Å². The van der Waals surface area contributed by atoms with Crippen molar-refractivity contribution in [1.82, 2.24) is 24.9 Å². The zero-order chi connectivity index (χ0) is 21.0. The molecule has 3 aromatic rings. The van der Waals surface area contributed by atoms with E-state index in [1.54, 1.807) is 19.1 Å². The van der Waals surface area contributed by atoms with Crippen LogP contribution in [0.2, 0.25) is 0 Å². The van der Waals surface area contributed by atoms with Gasteiger partial charge in [-0.1, -0.05) is 0 Å². The Kier molecular flexibility index (Phi) is 5.71. The van der Waals surface area contributed by atoms with Crippen molar-refractivity contribution in [2.75, 3.05) is 5.32 Å². The Morgan fingerprint density at radius 2 is 2.14 bits per heavy atom. The Balaban J connectivity index is 1.71. The lowest BCUT2D eigenvalue weighted by Gasteiger charge is -2.05. The molecular formula is C17H19N7O5. The predicted octanol–water partition coefficient (Wildman–Crippen LogP) is 1.48. The van der Waals surface area contributed by atoms with Crippen LogP contribution >= 0.6 is 0 Å². The molecule has 0 saturated heterocycles. The molecule has 0 spiro atoms. The normalized spacial score (nSPS) is 10.7. The van der Waals surface area contributed by atoms with Gasteiger partial charge in [0, 0.05) is 12.7 Å². The van der Waals surface area contributed by atoms with Gasteiger partial charge in [-0.05, 0) is 30.9 Å². The molecular weight excluding hydrogens is 382 g/mol. The molecule has 152 valence electrons. The number of anilines is 1. The smallest absolute Gasteiger partial charge is 0.390 e. The van der Waals surface area contributed by atoms with Gasteiger partial charge in [0.15, 0.2) is 5.69 Å². The van der Waals surface area contributed by atoms with Crippen molar-refractivity contribution in [1.29, 1.82) is 0 Å². The Bertz CT molecular complexity index is 1030. The molecule has 2 N–H and O–H groups in total. The maximum atomic E-state index is 12.5. The van der Waals surface area contributed by atoms with E-state index in [1.807, 2.05) is 6.92 Å². The molecule has 12 heteroatoms. The van der Waals surface area contributed by atoms with E-state index in [1.165, 1.54) is 27.9 Å². The Labute approximate surface area is 164 Å². The fourth-order valence-corrected chi connectivity index (χ4v) is 2.57. The van der Waals surface area contributed by atoms with E-state index >= 15 is 0 Å². The van der Waals surface area contributed by atoms with Crippen LogP contribution in [0.15, 0.2) is 35.1 Å². The number of carbonyl (C=O) groups is 2. The lowest BCUT2D eigenvalue weighted by molar-refractivity contribution is -0.389. The van der Waals surface area contributed by atoms with Crippen molar-refractivity contribution in [3.05, 3.63) is 57.9 Å². The van der Waals surface area contributed by atoms with Crippen molar-refractivity contribution >= 4 is 23.3 Å². The quantitative estimate of drug-likeness (QED) is 0.428. The zero-order valence-electron chi connectivity index (χ0n) is 15.8. The number of furan rings is 1. The number of aromatic nitrogens is 4. The summed E-state index contributed by atoms with van der Waals surface area (Å²) in [5.41, 5.74) is 0.746. The predicted molar refractivity (Wildman–Crippen MR) is 100 cm³/mol. The summed E-state index contributed by atoms with van der Waals surface area (Å²) in [6.45, 7) is 3.88. The molecule has 0 unspecified atom stereocenters. The van der Waals surface area contributed by atoms with Crippen LogP contribution in [0.4, 0.5) is 11.5 Å². The van der Waals surface area contributed by atoms with Gasteiger partial charge in [-0.3, -0.25) is 14.3 Å². The molecule has 29 heavy (non-hydrogen) atoms. The minimum atomic E-state index is -0.631. The summed E-state index contributed by atoms with van der Waals surface area (Å²) >= 11 is 0. The van der Waals surface area contributed by atoms with Gasteiger partial charge in [-0.2, -0.15) is 9.78 Å². The molecule has 12 nitrogen and oxygen atoms in total. The topological polar surface area (TPSA) is 150 Å². The van der Waals surface area contributed by atoms with Crippen molar-refractivity contribution in [2.45, 2.75) is 33.5 Å². The maximum absolute atomic E-state index is 12.5.